The standard InChI is InChI=1S/C14H23NO4/c1-8-5-11(12(6-8)14(17)18)13(16)15-9(2)10-3-4-19-7-10/h8-12H,3-7H2,1-2H3,(H,15,16)(H,17,18)/t8?,9?,10?,11-,12+/m0/s1. The van der Waals surface area contributed by atoms with Gasteiger partial charge in [0.05, 0.1) is 18.4 Å². The Hall–Kier alpha value is -1.10. The van der Waals surface area contributed by atoms with Crippen molar-refractivity contribution in [2.45, 2.75) is 39.2 Å². The minimum Gasteiger partial charge on any atom is -0.481 e. The van der Waals surface area contributed by atoms with Gasteiger partial charge >= 0.3 is 5.97 Å². The van der Waals surface area contributed by atoms with Gasteiger partial charge in [0.2, 0.25) is 5.91 Å². The number of carboxylic acids is 1. The zero-order valence-electron chi connectivity index (χ0n) is 11.6. The molecule has 108 valence electrons. The largest absolute Gasteiger partial charge is 0.481 e. The van der Waals surface area contributed by atoms with Crippen LogP contribution in [0.3, 0.4) is 0 Å². The predicted molar refractivity (Wildman–Crippen MR) is 69.5 cm³/mol. The van der Waals surface area contributed by atoms with Crippen LogP contribution in [0.1, 0.15) is 33.1 Å². The Bertz CT molecular complexity index is 351. The topological polar surface area (TPSA) is 75.6 Å². The minimum absolute atomic E-state index is 0.0559. The molecule has 2 fully saturated rings. The van der Waals surface area contributed by atoms with Crippen LogP contribution in [-0.4, -0.2) is 36.2 Å². The molecule has 0 aromatic rings. The van der Waals surface area contributed by atoms with Gasteiger partial charge < -0.3 is 15.2 Å². The van der Waals surface area contributed by atoms with E-state index in [1.54, 1.807) is 0 Å². The summed E-state index contributed by atoms with van der Waals surface area (Å²) in [5.74, 6) is -1.19. The number of amides is 1. The second-order valence-corrected chi connectivity index (χ2v) is 6.05. The average Bonchev–Trinajstić information content (AvgIpc) is 2.96. The predicted octanol–water partition coefficient (Wildman–Crippen LogP) is 1.27. The molecule has 1 aliphatic carbocycles. The lowest BCUT2D eigenvalue weighted by Gasteiger charge is -2.23. The monoisotopic (exact) mass is 269 g/mol. The van der Waals surface area contributed by atoms with E-state index in [0.717, 1.165) is 13.0 Å². The Kier molecular flexibility index (Phi) is 4.45. The summed E-state index contributed by atoms with van der Waals surface area (Å²) in [6.45, 7) is 5.43. The molecular weight excluding hydrogens is 246 g/mol. The van der Waals surface area contributed by atoms with Crippen molar-refractivity contribution in [1.82, 2.24) is 5.32 Å². The normalized spacial score (nSPS) is 36.1. The van der Waals surface area contributed by atoms with Crippen LogP contribution in [-0.2, 0) is 14.3 Å². The number of rotatable bonds is 4. The van der Waals surface area contributed by atoms with Crippen LogP contribution in [0.25, 0.3) is 0 Å². The Morgan fingerprint density at radius 2 is 2.00 bits per heavy atom. The van der Waals surface area contributed by atoms with Crippen LogP contribution in [0, 0.1) is 23.7 Å². The molecule has 2 rings (SSSR count). The van der Waals surface area contributed by atoms with E-state index < -0.39 is 11.9 Å². The highest BCUT2D eigenvalue weighted by Crippen LogP contribution is 2.36. The number of carbonyl (C=O) groups is 2. The van der Waals surface area contributed by atoms with Crippen LogP contribution < -0.4 is 5.32 Å². The Morgan fingerprint density at radius 1 is 1.32 bits per heavy atom. The molecule has 5 heteroatoms. The van der Waals surface area contributed by atoms with Gasteiger partial charge in [-0.2, -0.15) is 0 Å². The molecule has 1 saturated carbocycles. The lowest BCUT2D eigenvalue weighted by molar-refractivity contribution is -0.146. The van der Waals surface area contributed by atoms with E-state index >= 15 is 0 Å². The molecule has 19 heavy (non-hydrogen) atoms. The second-order valence-electron chi connectivity index (χ2n) is 6.05. The third kappa shape index (κ3) is 3.26. The van der Waals surface area contributed by atoms with Crippen molar-refractivity contribution < 1.29 is 19.4 Å². The van der Waals surface area contributed by atoms with Crippen LogP contribution in [0.4, 0.5) is 0 Å². The lowest BCUT2D eigenvalue weighted by Crippen LogP contribution is -2.43. The quantitative estimate of drug-likeness (QED) is 0.806. The molecule has 0 bridgehead atoms. The summed E-state index contributed by atoms with van der Waals surface area (Å²) in [6.07, 6.45) is 2.25. The second kappa shape index (κ2) is 5.90. The summed E-state index contributed by atoms with van der Waals surface area (Å²) < 4.78 is 5.32. The molecular formula is C14H23NO4. The van der Waals surface area contributed by atoms with E-state index in [4.69, 9.17) is 4.74 Å². The molecule has 0 radical (unpaired) electrons. The first-order valence-corrected chi connectivity index (χ1v) is 7.10. The van der Waals surface area contributed by atoms with Crippen molar-refractivity contribution in [3.05, 3.63) is 0 Å². The number of nitrogens with one attached hydrogen (secondary N) is 1. The summed E-state index contributed by atoms with van der Waals surface area (Å²) in [5.41, 5.74) is 0. The fourth-order valence-corrected chi connectivity index (χ4v) is 3.25. The van der Waals surface area contributed by atoms with Gasteiger partial charge in [-0.15, -0.1) is 0 Å². The SMILES string of the molecule is CC1C[C@H](C(=O)NC(C)C2CCOC2)[C@H](C(=O)O)C1. The van der Waals surface area contributed by atoms with E-state index in [1.165, 1.54) is 0 Å². The van der Waals surface area contributed by atoms with E-state index in [-0.39, 0.29) is 17.9 Å². The van der Waals surface area contributed by atoms with E-state index in [1.807, 2.05) is 13.8 Å². The lowest BCUT2D eigenvalue weighted by atomic mass is 9.93. The molecule has 1 amide bonds. The number of aliphatic carboxylic acids is 1. The molecule has 2 aliphatic rings. The molecule has 0 aromatic carbocycles. The van der Waals surface area contributed by atoms with E-state index in [9.17, 15) is 14.7 Å². The van der Waals surface area contributed by atoms with Crippen LogP contribution >= 0.6 is 0 Å². The number of hydrogen-bond donors (Lipinski definition) is 2. The van der Waals surface area contributed by atoms with Crippen molar-refractivity contribution in [2.75, 3.05) is 13.2 Å². The summed E-state index contributed by atoms with van der Waals surface area (Å²) >= 11 is 0. The molecule has 1 heterocycles. The zero-order valence-corrected chi connectivity index (χ0v) is 11.6. The molecule has 5 nitrogen and oxygen atoms in total. The number of hydrogen-bond acceptors (Lipinski definition) is 3. The van der Waals surface area contributed by atoms with Crippen molar-refractivity contribution in [3.63, 3.8) is 0 Å². The van der Waals surface area contributed by atoms with Gasteiger partial charge in [0.15, 0.2) is 0 Å². The molecule has 1 saturated heterocycles. The first kappa shape index (κ1) is 14.3. The van der Waals surface area contributed by atoms with E-state index in [0.29, 0.717) is 31.3 Å². The third-order valence-corrected chi connectivity index (χ3v) is 4.49. The number of carbonyl (C=O) groups excluding carboxylic acids is 1. The first-order chi connectivity index (χ1) is 8.99. The molecule has 3 unspecified atom stereocenters. The van der Waals surface area contributed by atoms with Crippen LogP contribution in [0.2, 0.25) is 0 Å². The summed E-state index contributed by atoms with van der Waals surface area (Å²) in [4.78, 5) is 23.5. The van der Waals surface area contributed by atoms with E-state index in [2.05, 4.69) is 5.32 Å². The fourth-order valence-electron chi connectivity index (χ4n) is 3.25. The van der Waals surface area contributed by atoms with Crippen molar-refractivity contribution in [3.8, 4) is 0 Å². The summed E-state index contributed by atoms with van der Waals surface area (Å²) in [6, 6.07) is 0.0559. The average molecular weight is 269 g/mol. The Balaban J connectivity index is 1.92. The maximum atomic E-state index is 12.3. The van der Waals surface area contributed by atoms with Crippen LogP contribution in [0.15, 0.2) is 0 Å². The van der Waals surface area contributed by atoms with Gasteiger partial charge in [0.25, 0.3) is 0 Å². The van der Waals surface area contributed by atoms with Gasteiger partial charge in [-0.1, -0.05) is 6.92 Å². The Labute approximate surface area is 113 Å². The zero-order chi connectivity index (χ0) is 14.0. The first-order valence-electron chi connectivity index (χ1n) is 7.10. The highest BCUT2D eigenvalue weighted by Gasteiger charge is 2.41. The highest BCUT2D eigenvalue weighted by molar-refractivity contribution is 5.85. The van der Waals surface area contributed by atoms with Crippen molar-refractivity contribution in [1.29, 1.82) is 0 Å². The van der Waals surface area contributed by atoms with Gasteiger partial charge in [0.1, 0.15) is 0 Å². The maximum absolute atomic E-state index is 12.3. The van der Waals surface area contributed by atoms with Gasteiger partial charge in [-0.25, -0.2) is 0 Å². The van der Waals surface area contributed by atoms with Crippen LogP contribution in [0.5, 0.6) is 0 Å². The summed E-state index contributed by atoms with van der Waals surface area (Å²) in [5, 5.41) is 12.2. The molecule has 2 N–H and O–H groups in total. The summed E-state index contributed by atoms with van der Waals surface area (Å²) in [7, 11) is 0. The fraction of sp³-hybridized carbons (Fsp3) is 0.857. The molecule has 5 atom stereocenters. The highest BCUT2D eigenvalue weighted by atomic mass is 16.5. The Morgan fingerprint density at radius 3 is 2.58 bits per heavy atom. The number of ether oxygens (including phenoxy) is 1. The smallest absolute Gasteiger partial charge is 0.307 e. The van der Waals surface area contributed by atoms with Gasteiger partial charge in [-0.05, 0) is 32.1 Å². The molecule has 0 spiro atoms. The van der Waals surface area contributed by atoms with Crippen molar-refractivity contribution in [2.24, 2.45) is 23.7 Å². The minimum atomic E-state index is -0.846. The number of carboxylic acid groups (broad SMARTS) is 1. The third-order valence-electron chi connectivity index (χ3n) is 4.49. The molecule has 0 aromatic heterocycles. The van der Waals surface area contributed by atoms with Gasteiger partial charge in [0, 0.05) is 18.6 Å². The maximum Gasteiger partial charge on any atom is 0.307 e. The van der Waals surface area contributed by atoms with Gasteiger partial charge in [-0.3, -0.25) is 9.59 Å². The van der Waals surface area contributed by atoms with Crippen molar-refractivity contribution >= 4 is 11.9 Å². The molecule has 1 aliphatic heterocycles.